The molecule has 106 valence electrons. The molecule has 0 saturated carbocycles. The normalized spacial score (nSPS) is 11.8. The summed E-state index contributed by atoms with van der Waals surface area (Å²) in [6.45, 7) is 3.58. The first-order valence-electron chi connectivity index (χ1n) is 6.34. The quantitative estimate of drug-likeness (QED) is 0.878. The van der Waals surface area contributed by atoms with Crippen LogP contribution in [0.3, 0.4) is 0 Å². The van der Waals surface area contributed by atoms with Crippen molar-refractivity contribution in [2.75, 3.05) is 17.7 Å². The zero-order valence-corrected chi connectivity index (χ0v) is 12.6. The van der Waals surface area contributed by atoms with E-state index in [4.69, 9.17) is 4.74 Å². The van der Waals surface area contributed by atoms with Gasteiger partial charge in [-0.3, -0.25) is 4.79 Å². The molecule has 0 radical (unpaired) electrons. The molecule has 0 aliphatic heterocycles. The van der Waals surface area contributed by atoms with E-state index in [0.717, 1.165) is 5.69 Å². The molecule has 0 bridgehead atoms. The summed E-state index contributed by atoms with van der Waals surface area (Å²) >= 11 is 1.68. The molecule has 1 aromatic heterocycles. The van der Waals surface area contributed by atoms with Crippen LogP contribution in [0.25, 0.3) is 0 Å². The van der Waals surface area contributed by atoms with E-state index in [9.17, 15) is 4.79 Å². The topological polar surface area (TPSA) is 50.4 Å². The van der Waals surface area contributed by atoms with Crippen molar-refractivity contribution < 1.29 is 9.53 Å². The van der Waals surface area contributed by atoms with Crippen LogP contribution in [0.1, 0.15) is 25.5 Å². The number of thiophene rings is 1. The lowest BCUT2D eigenvalue weighted by Crippen LogP contribution is -2.09. The average molecular weight is 290 g/mol. The van der Waals surface area contributed by atoms with Gasteiger partial charge in [-0.05, 0) is 41.4 Å². The second-order valence-electron chi connectivity index (χ2n) is 4.52. The molecule has 5 heteroatoms. The van der Waals surface area contributed by atoms with Crippen LogP contribution in [0.5, 0.6) is 5.75 Å². The molecule has 1 unspecified atom stereocenters. The summed E-state index contributed by atoms with van der Waals surface area (Å²) in [5.74, 6) is 0.526. The molecule has 0 spiro atoms. The molecule has 2 rings (SSSR count). The highest BCUT2D eigenvalue weighted by molar-refractivity contribution is 7.07. The summed E-state index contributed by atoms with van der Waals surface area (Å²) in [4.78, 5) is 11.1. The standard InChI is InChI=1S/C15H18N2O2S/c1-10(12-6-7-20-9-12)16-13-4-5-14(17-11(2)18)15(8-13)19-3/h4-10,16H,1-3H3,(H,17,18). The van der Waals surface area contributed by atoms with Gasteiger partial charge in [0.05, 0.1) is 12.8 Å². The maximum atomic E-state index is 11.1. The number of carbonyl (C=O) groups is 1. The molecule has 2 aromatic rings. The lowest BCUT2D eigenvalue weighted by molar-refractivity contribution is -0.114. The number of hydrogen-bond acceptors (Lipinski definition) is 4. The van der Waals surface area contributed by atoms with Gasteiger partial charge in [-0.2, -0.15) is 11.3 Å². The van der Waals surface area contributed by atoms with Crippen molar-refractivity contribution in [3.8, 4) is 5.75 Å². The fourth-order valence-electron chi connectivity index (χ4n) is 1.93. The monoisotopic (exact) mass is 290 g/mol. The van der Waals surface area contributed by atoms with Gasteiger partial charge < -0.3 is 15.4 Å². The van der Waals surface area contributed by atoms with Gasteiger partial charge in [0, 0.05) is 24.7 Å². The maximum Gasteiger partial charge on any atom is 0.221 e. The van der Waals surface area contributed by atoms with E-state index in [1.165, 1.54) is 12.5 Å². The minimum atomic E-state index is -0.115. The Morgan fingerprint density at radius 1 is 1.35 bits per heavy atom. The van der Waals surface area contributed by atoms with E-state index in [0.29, 0.717) is 11.4 Å². The van der Waals surface area contributed by atoms with Crippen molar-refractivity contribution in [1.29, 1.82) is 0 Å². The van der Waals surface area contributed by atoms with E-state index in [1.807, 2.05) is 18.2 Å². The minimum absolute atomic E-state index is 0.115. The molecule has 1 amide bonds. The van der Waals surface area contributed by atoms with E-state index >= 15 is 0 Å². The second kappa shape index (κ2) is 6.43. The van der Waals surface area contributed by atoms with Crippen LogP contribution in [-0.4, -0.2) is 13.0 Å². The lowest BCUT2D eigenvalue weighted by Gasteiger charge is -2.16. The van der Waals surface area contributed by atoms with Crippen LogP contribution in [-0.2, 0) is 4.79 Å². The smallest absolute Gasteiger partial charge is 0.221 e. The Labute approximate surface area is 122 Å². The van der Waals surface area contributed by atoms with Crippen LogP contribution in [0, 0.1) is 0 Å². The zero-order valence-electron chi connectivity index (χ0n) is 11.8. The van der Waals surface area contributed by atoms with Gasteiger partial charge in [-0.15, -0.1) is 0 Å². The van der Waals surface area contributed by atoms with Crippen LogP contribution >= 0.6 is 11.3 Å². The van der Waals surface area contributed by atoms with Gasteiger partial charge in [-0.1, -0.05) is 0 Å². The van der Waals surface area contributed by atoms with E-state index in [2.05, 4.69) is 34.4 Å². The summed E-state index contributed by atoms with van der Waals surface area (Å²) in [7, 11) is 1.59. The molecule has 0 saturated heterocycles. The Bertz CT molecular complexity index is 582. The number of methoxy groups -OCH3 is 1. The van der Waals surface area contributed by atoms with Gasteiger partial charge in [0.15, 0.2) is 0 Å². The number of anilines is 2. The third-order valence-corrected chi connectivity index (χ3v) is 3.64. The van der Waals surface area contributed by atoms with Crippen molar-refractivity contribution >= 4 is 28.6 Å². The average Bonchev–Trinajstić information content (AvgIpc) is 2.94. The number of benzene rings is 1. The maximum absolute atomic E-state index is 11.1. The third kappa shape index (κ3) is 3.51. The van der Waals surface area contributed by atoms with Crippen LogP contribution in [0.15, 0.2) is 35.0 Å². The Hall–Kier alpha value is -2.01. The Kier molecular flexibility index (Phi) is 4.63. The van der Waals surface area contributed by atoms with E-state index < -0.39 is 0 Å². The summed E-state index contributed by atoms with van der Waals surface area (Å²) in [5.41, 5.74) is 2.88. The fraction of sp³-hybridized carbons (Fsp3) is 0.267. The van der Waals surface area contributed by atoms with Crippen LogP contribution < -0.4 is 15.4 Å². The summed E-state index contributed by atoms with van der Waals surface area (Å²) in [5, 5.41) is 10.3. The molecule has 0 aliphatic carbocycles. The van der Waals surface area contributed by atoms with Crippen molar-refractivity contribution in [1.82, 2.24) is 0 Å². The molecule has 0 aliphatic rings. The molecule has 4 nitrogen and oxygen atoms in total. The molecular weight excluding hydrogens is 272 g/mol. The zero-order chi connectivity index (χ0) is 14.5. The van der Waals surface area contributed by atoms with E-state index in [-0.39, 0.29) is 11.9 Å². The Morgan fingerprint density at radius 3 is 2.75 bits per heavy atom. The van der Waals surface area contributed by atoms with Gasteiger partial charge in [0.1, 0.15) is 5.75 Å². The highest BCUT2D eigenvalue weighted by atomic mass is 32.1. The molecule has 1 aromatic carbocycles. The van der Waals surface area contributed by atoms with Crippen molar-refractivity contribution in [2.24, 2.45) is 0 Å². The number of rotatable bonds is 5. The van der Waals surface area contributed by atoms with Crippen molar-refractivity contribution in [3.63, 3.8) is 0 Å². The van der Waals surface area contributed by atoms with Crippen LogP contribution in [0.4, 0.5) is 11.4 Å². The van der Waals surface area contributed by atoms with Gasteiger partial charge in [0.25, 0.3) is 0 Å². The molecule has 20 heavy (non-hydrogen) atoms. The van der Waals surface area contributed by atoms with Gasteiger partial charge in [-0.25, -0.2) is 0 Å². The van der Waals surface area contributed by atoms with Crippen molar-refractivity contribution in [2.45, 2.75) is 19.9 Å². The van der Waals surface area contributed by atoms with Crippen LogP contribution in [0.2, 0.25) is 0 Å². The van der Waals surface area contributed by atoms with Gasteiger partial charge >= 0.3 is 0 Å². The predicted molar refractivity (Wildman–Crippen MR) is 83.7 cm³/mol. The lowest BCUT2D eigenvalue weighted by atomic mass is 10.1. The molecule has 1 atom stereocenters. The van der Waals surface area contributed by atoms with E-state index in [1.54, 1.807) is 18.4 Å². The SMILES string of the molecule is COc1cc(NC(C)c2ccsc2)ccc1NC(C)=O. The third-order valence-electron chi connectivity index (χ3n) is 2.94. The minimum Gasteiger partial charge on any atom is -0.494 e. The number of amides is 1. The summed E-state index contributed by atoms with van der Waals surface area (Å²) in [6.07, 6.45) is 0. The fourth-order valence-corrected chi connectivity index (χ4v) is 2.68. The van der Waals surface area contributed by atoms with Crippen molar-refractivity contribution in [3.05, 3.63) is 40.6 Å². The molecule has 1 heterocycles. The largest absolute Gasteiger partial charge is 0.494 e. The molecular formula is C15H18N2O2S. The summed E-state index contributed by atoms with van der Waals surface area (Å²) < 4.78 is 5.31. The first kappa shape index (κ1) is 14.4. The summed E-state index contributed by atoms with van der Waals surface area (Å²) in [6, 6.07) is 7.97. The second-order valence-corrected chi connectivity index (χ2v) is 5.30. The Morgan fingerprint density at radius 2 is 2.15 bits per heavy atom. The first-order valence-corrected chi connectivity index (χ1v) is 7.28. The number of ether oxygens (including phenoxy) is 1. The predicted octanol–water partition coefficient (Wildman–Crippen LogP) is 3.89. The number of nitrogens with one attached hydrogen (secondary N) is 2. The van der Waals surface area contributed by atoms with Gasteiger partial charge in [0.2, 0.25) is 5.91 Å². The highest BCUT2D eigenvalue weighted by Crippen LogP contribution is 2.30. The first-order chi connectivity index (χ1) is 9.60. The number of carbonyl (C=O) groups excluding carboxylic acids is 1. The highest BCUT2D eigenvalue weighted by Gasteiger charge is 2.09. The Balaban J connectivity index is 2.15. The molecule has 2 N–H and O–H groups in total. The number of hydrogen-bond donors (Lipinski definition) is 2. The molecule has 0 fully saturated rings.